The lowest BCUT2D eigenvalue weighted by molar-refractivity contribution is -0.119. The minimum absolute atomic E-state index is 0.00199. The Morgan fingerprint density at radius 3 is 2.21 bits per heavy atom. The van der Waals surface area contributed by atoms with Crippen LogP contribution in [0.1, 0.15) is 32.6 Å². The van der Waals surface area contributed by atoms with Gasteiger partial charge in [0.2, 0.25) is 0 Å². The maximum absolute atomic E-state index is 13.8. The zero-order valence-electron chi connectivity index (χ0n) is 21.0. The molecule has 1 saturated carbocycles. The zero-order valence-corrected chi connectivity index (χ0v) is 21.8. The van der Waals surface area contributed by atoms with Gasteiger partial charge in [-0.3, -0.25) is 14.7 Å². The number of benzene rings is 2. The molecule has 0 bridgehead atoms. The molecule has 8 nitrogen and oxygen atoms in total. The Balaban J connectivity index is 1.38. The second-order valence-corrected chi connectivity index (χ2v) is 12.3. The molecule has 1 aliphatic carbocycles. The van der Waals surface area contributed by atoms with Gasteiger partial charge in [-0.25, -0.2) is 18.1 Å². The molecule has 2 atom stereocenters. The molecule has 3 heterocycles. The van der Waals surface area contributed by atoms with Crippen LogP contribution in [0, 0.1) is 5.92 Å². The Bertz CT molecular complexity index is 1600. The van der Waals surface area contributed by atoms with E-state index >= 15 is 0 Å². The summed E-state index contributed by atoms with van der Waals surface area (Å²) in [5.41, 5.74) is -4.35. The first-order chi connectivity index (χ1) is 18.5. The molecule has 1 aromatic heterocycles. The third-order valence-corrected chi connectivity index (χ3v) is 9.51. The van der Waals surface area contributed by atoms with Crippen LogP contribution in [0.15, 0.2) is 59.6 Å². The van der Waals surface area contributed by atoms with E-state index < -0.39 is 37.7 Å². The predicted molar refractivity (Wildman–Crippen MR) is 139 cm³/mol. The van der Waals surface area contributed by atoms with Gasteiger partial charge in [0.15, 0.2) is 0 Å². The Kier molecular flexibility index (Phi) is 5.69. The lowest BCUT2D eigenvalue weighted by atomic mass is 10.1. The van der Waals surface area contributed by atoms with Gasteiger partial charge in [0.05, 0.1) is 21.8 Å². The van der Waals surface area contributed by atoms with Crippen molar-refractivity contribution in [2.45, 2.75) is 48.5 Å². The molecular weight excluding hydrogens is 533 g/mol. The van der Waals surface area contributed by atoms with Crippen molar-refractivity contribution in [3.8, 4) is 0 Å². The summed E-state index contributed by atoms with van der Waals surface area (Å²) in [6.07, 6.45) is 5.46. The summed E-state index contributed by atoms with van der Waals surface area (Å²) in [4.78, 5) is 35.7. The number of sulfone groups is 1. The minimum atomic E-state index is -5.56. The molecule has 0 radical (unpaired) electrons. The first kappa shape index (κ1) is 25.6. The van der Waals surface area contributed by atoms with Gasteiger partial charge in [0, 0.05) is 30.4 Å². The number of imide groups is 1. The fourth-order valence-corrected chi connectivity index (χ4v) is 6.54. The number of pyridine rings is 1. The van der Waals surface area contributed by atoms with E-state index in [4.69, 9.17) is 0 Å². The smallest absolute Gasteiger partial charge is 0.371 e. The SMILES string of the molecule is CC1CC12C(=O)N(c1ccc(S(=O)(=O)C(F)(F)F)cc1)C(=O)N2c1ccnc2cc(N3CCCCC3)ccc12. The van der Waals surface area contributed by atoms with Crippen LogP contribution in [0.4, 0.5) is 35.0 Å². The van der Waals surface area contributed by atoms with Crippen molar-refractivity contribution in [2.24, 2.45) is 5.92 Å². The van der Waals surface area contributed by atoms with Crippen molar-refractivity contribution in [1.29, 1.82) is 0 Å². The van der Waals surface area contributed by atoms with Gasteiger partial charge < -0.3 is 4.90 Å². The molecule has 0 N–H and O–H groups in total. The van der Waals surface area contributed by atoms with E-state index in [1.54, 1.807) is 12.3 Å². The molecule has 2 aromatic carbocycles. The summed E-state index contributed by atoms with van der Waals surface area (Å²) < 4.78 is 62.5. The number of nitrogens with zero attached hydrogens (tertiary/aromatic N) is 4. The Hall–Kier alpha value is -3.67. The topological polar surface area (TPSA) is 90.9 Å². The normalized spacial score (nSPS) is 23.8. The molecule has 3 aliphatic rings. The third-order valence-electron chi connectivity index (χ3n) is 8.00. The fourth-order valence-electron chi connectivity index (χ4n) is 5.78. The quantitative estimate of drug-likeness (QED) is 0.406. The van der Waals surface area contributed by atoms with Crippen LogP contribution < -0.4 is 14.7 Å². The van der Waals surface area contributed by atoms with E-state index in [1.807, 2.05) is 25.1 Å². The molecular formula is C27H25F3N4O4S. The number of carbonyl (C=O) groups excluding carboxylic acids is 2. The number of hydrogen-bond acceptors (Lipinski definition) is 6. The summed E-state index contributed by atoms with van der Waals surface area (Å²) >= 11 is 0. The van der Waals surface area contributed by atoms with E-state index in [0.29, 0.717) is 23.0 Å². The van der Waals surface area contributed by atoms with Gasteiger partial charge in [-0.05, 0) is 80.1 Å². The Morgan fingerprint density at radius 2 is 1.59 bits per heavy atom. The van der Waals surface area contributed by atoms with Crippen LogP contribution in [0.2, 0.25) is 0 Å². The second-order valence-electron chi connectivity index (χ2n) is 10.3. The molecule has 1 spiro atoms. The highest BCUT2D eigenvalue weighted by molar-refractivity contribution is 7.92. The number of urea groups is 1. The van der Waals surface area contributed by atoms with Crippen molar-refractivity contribution < 1.29 is 31.2 Å². The van der Waals surface area contributed by atoms with E-state index in [-0.39, 0.29) is 11.6 Å². The lowest BCUT2D eigenvalue weighted by Crippen LogP contribution is -2.39. The van der Waals surface area contributed by atoms with E-state index in [1.165, 1.54) is 11.3 Å². The number of hydrogen-bond donors (Lipinski definition) is 0. The van der Waals surface area contributed by atoms with Crippen molar-refractivity contribution >= 4 is 49.7 Å². The number of aromatic nitrogens is 1. The third kappa shape index (κ3) is 3.79. The largest absolute Gasteiger partial charge is 0.501 e. The molecule has 6 rings (SSSR count). The standard InChI is InChI=1S/C27H25F3N4O4S/c1-17-16-26(17)24(35)33(18-5-8-20(9-6-18)39(37,38)27(28,29)30)25(36)34(26)23-11-12-31-22-15-19(7-10-21(22)23)32-13-3-2-4-14-32/h5-12,15,17H,2-4,13-14,16H2,1H3. The van der Waals surface area contributed by atoms with E-state index in [9.17, 15) is 31.2 Å². The van der Waals surface area contributed by atoms with Crippen LogP contribution in [-0.4, -0.2) is 49.5 Å². The number of alkyl halides is 3. The van der Waals surface area contributed by atoms with Gasteiger partial charge in [-0.15, -0.1) is 0 Å². The number of carbonyl (C=O) groups is 2. The molecule has 3 aromatic rings. The monoisotopic (exact) mass is 558 g/mol. The average molecular weight is 559 g/mol. The highest BCUT2D eigenvalue weighted by Crippen LogP contribution is 2.56. The van der Waals surface area contributed by atoms with Crippen LogP contribution in [0.5, 0.6) is 0 Å². The van der Waals surface area contributed by atoms with Crippen LogP contribution >= 0.6 is 0 Å². The summed E-state index contributed by atoms with van der Waals surface area (Å²) in [5.74, 6) is -0.652. The Morgan fingerprint density at radius 1 is 0.949 bits per heavy atom. The van der Waals surface area contributed by atoms with Crippen molar-refractivity contribution in [3.05, 3.63) is 54.7 Å². The van der Waals surface area contributed by atoms with Gasteiger partial charge in [0.25, 0.3) is 15.7 Å². The maximum atomic E-state index is 13.8. The van der Waals surface area contributed by atoms with Crippen LogP contribution in [0.3, 0.4) is 0 Å². The number of rotatable bonds is 4. The van der Waals surface area contributed by atoms with E-state index in [0.717, 1.165) is 60.8 Å². The lowest BCUT2D eigenvalue weighted by Gasteiger charge is -2.29. The van der Waals surface area contributed by atoms with Gasteiger partial charge >= 0.3 is 11.5 Å². The number of anilines is 3. The van der Waals surface area contributed by atoms with Gasteiger partial charge in [0.1, 0.15) is 5.54 Å². The maximum Gasteiger partial charge on any atom is 0.501 e. The number of fused-ring (bicyclic) bond motifs is 1. The minimum Gasteiger partial charge on any atom is -0.371 e. The van der Waals surface area contributed by atoms with Gasteiger partial charge in [-0.2, -0.15) is 13.2 Å². The number of halogens is 3. The second kappa shape index (κ2) is 8.67. The first-order valence-electron chi connectivity index (χ1n) is 12.7. The highest BCUT2D eigenvalue weighted by Gasteiger charge is 2.70. The Labute approximate surface area is 222 Å². The predicted octanol–water partition coefficient (Wildman–Crippen LogP) is 5.27. The van der Waals surface area contributed by atoms with Crippen molar-refractivity contribution in [1.82, 2.24) is 4.98 Å². The average Bonchev–Trinajstić information content (AvgIpc) is 3.53. The van der Waals surface area contributed by atoms with E-state index in [2.05, 4.69) is 9.88 Å². The first-order valence-corrected chi connectivity index (χ1v) is 14.2. The van der Waals surface area contributed by atoms with Crippen molar-refractivity contribution in [2.75, 3.05) is 27.8 Å². The number of piperidine rings is 1. The van der Waals surface area contributed by atoms with Crippen LogP contribution in [0.25, 0.3) is 10.9 Å². The molecule has 204 valence electrons. The summed E-state index contributed by atoms with van der Waals surface area (Å²) in [7, 11) is -5.56. The molecule has 2 saturated heterocycles. The highest BCUT2D eigenvalue weighted by atomic mass is 32.2. The molecule has 2 aliphatic heterocycles. The molecule has 2 unspecified atom stereocenters. The summed E-state index contributed by atoms with van der Waals surface area (Å²) in [6.45, 7) is 3.78. The molecule has 39 heavy (non-hydrogen) atoms. The van der Waals surface area contributed by atoms with Gasteiger partial charge in [-0.1, -0.05) is 6.92 Å². The summed E-state index contributed by atoms with van der Waals surface area (Å²) in [6, 6.07) is 10.5. The molecule has 3 amide bonds. The molecule has 12 heteroatoms. The number of amides is 3. The summed E-state index contributed by atoms with van der Waals surface area (Å²) in [5, 5.41) is 0.700. The zero-order chi connectivity index (χ0) is 27.7. The fraction of sp³-hybridized carbons (Fsp3) is 0.370. The van der Waals surface area contributed by atoms with Crippen LogP contribution in [-0.2, 0) is 14.6 Å². The molecule has 3 fully saturated rings. The van der Waals surface area contributed by atoms with Crippen molar-refractivity contribution in [3.63, 3.8) is 0 Å².